The highest BCUT2D eigenvalue weighted by molar-refractivity contribution is 7.98. The third kappa shape index (κ3) is 2.12. The molecule has 7 nitrogen and oxygen atoms in total. The van der Waals surface area contributed by atoms with Gasteiger partial charge in [0.15, 0.2) is 6.23 Å². The fraction of sp³-hybridized carbons (Fsp3) is 0.429. The lowest BCUT2D eigenvalue weighted by molar-refractivity contribution is -0.0488. The van der Waals surface area contributed by atoms with Crippen molar-refractivity contribution in [3.63, 3.8) is 0 Å². The van der Waals surface area contributed by atoms with Crippen molar-refractivity contribution in [3.8, 4) is 0 Å². The van der Waals surface area contributed by atoms with E-state index in [1.54, 1.807) is 4.57 Å². The summed E-state index contributed by atoms with van der Waals surface area (Å²) in [4.78, 5) is 9.57. The van der Waals surface area contributed by atoms with Gasteiger partial charge in [0.05, 0.1) is 12.0 Å². The van der Waals surface area contributed by atoms with Gasteiger partial charge >= 0.3 is 0 Å². The Bertz CT molecular complexity index is 864. The fourth-order valence-electron chi connectivity index (χ4n) is 3.04. The van der Waals surface area contributed by atoms with E-state index in [1.165, 1.54) is 29.4 Å². The number of aliphatic hydroxyl groups excluding tert-OH is 3. The normalized spacial score (nSPS) is 28.2. The molecule has 0 amide bonds. The van der Waals surface area contributed by atoms with Crippen LogP contribution in [0.3, 0.4) is 0 Å². The van der Waals surface area contributed by atoms with Crippen LogP contribution in [-0.4, -0.2) is 61.0 Å². The number of ether oxygens (including phenoxy) is 1. The third-order valence-corrected chi connectivity index (χ3v) is 5.73. The molecule has 0 aliphatic carbocycles. The van der Waals surface area contributed by atoms with Gasteiger partial charge in [-0.25, -0.2) is 9.97 Å². The first-order chi connectivity index (χ1) is 11.2. The molecule has 122 valence electrons. The molecule has 3 aromatic heterocycles. The Balaban J connectivity index is 1.97. The number of fused-ring (bicyclic) bond motifs is 3. The molecule has 0 saturated carbocycles. The second-order valence-corrected chi connectivity index (χ2v) is 7.01. The molecule has 0 radical (unpaired) electrons. The minimum atomic E-state index is -1.14. The maximum atomic E-state index is 10.4. The van der Waals surface area contributed by atoms with Crippen molar-refractivity contribution >= 4 is 44.3 Å². The highest BCUT2D eigenvalue weighted by Gasteiger charge is 2.44. The molecular formula is C14H15N3O4S2. The largest absolute Gasteiger partial charge is 0.394 e. The second kappa shape index (κ2) is 5.69. The molecule has 0 aromatic carbocycles. The van der Waals surface area contributed by atoms with E-state index in [0.717, 1.165) is 20.6 Å². The standard InChI is InChI=1S/C14H15N3O4S2/c1-22-12-8-6-2-3-23-14(6)17(11(8)15-5-16-12)13-10(20)9(19)7(4-18)21-13/h2-3,5,7,9-10,13,18-20H,4H2,1H3/t7-,9-,10-,13-/m1/s1. The molecule has 0 unspecified atom stereocenters. The minimum Gasteiger partial charge on any atom is -0.394 e. The summed E-state index contributed by atoms with van der Waals surface area (Å²) in [6.45, 7) is -0.355. The van der Waals surface area contributed by atoms with Gasteiger partial charge in [-0.3, -0.25) is 4.57 Å². The number of aliphatic hydroxyl groups is 3. The Morgan fingerprint density at radius 3 is 2.87 bits per heavy atom. The van der Waals surface area contributed by atoms with E-state index >= 15 is 0 Å². The molecule has 9 heteroatoms. The van der Waals surface area contributed by atoms with E-state index in [9.17, 15) is 15.3 Å². The van der Waals surface area contributed by atoms with Crippen LogP contribution >= 0.6 is 23.1 Å². The van der Waals surface area contributed by atoms with Crippen LogP contribution in [0.5, 0.6) is 0 Å². The average Bonchev–Trinajstić information content (AvgIpc) is 3.22. The van der Waals surface area contributed by atoms with Gasteiger partial charge in [0.2, 0.25) is 0 Å². The molecule has 1 aliphatic rings. The molecule has 23 heavy (non-hydrogen) atoms. The highest BCUT2D eigenvalue weighted by atomic mass is 32.2. The average molecular weight is 353 g/mol. The van der Waals surface area contributed by atoms with Gasteiger partial charge in [-0.1, -0.05) is 0 Å². The van der Waals surface area contributed by atoms with Crippen molar-refractivity contribution in [1.29, 1.82) is 0 Å². The highest BCUT2D eigenvalue weighted by Crippen LogP contribution is 2.41. The van der Waals surface area contributed by atoms with Crippen LogP contribution in [0.2, 0.25) is 0 Å². The molecule has 0 spiro atoms. The summed E-state index contributed by atoms with van der Waals surface area (Å²) < 4.78 is 7.48. The lowest BCUT2D eigenvalue weighted by atomic mass is 10.1. The molecule has 4 heterocycles. The van der Waals surface area contributed by atoms with Gasteiger partial charge < -0.3 is 20.1 Å². The molecule has 1 fully saturated rings. The lowest BCUT2D eigenvalue weighted by Crippen LogP contribution is -2.33. The first kappa shape index (κ1) is 15.3. The number of hydrogen-bond acceptors (Lipinski definition) is 8. The second-order valence-electron chi connectivity index (χ2n) is 5.32. The molecule has 0 bridgehead atoms. The van der Waals surface area contributed by atoms with E-state index in [-0.39, 0.29) is 6.61 Å². The number of nitrogens with zero attached hydrogens (tertiary/aromatic N) is 3. The maximum absolute atomic E-state index is 10.4. The zero-order valence-electron chi connectivity index (χ0n) is 12.2. The van der Waals surface area contributed by atoms with Crippen molar-refractivity contribution in [2.75, 3.05) is 12.9 Å². The van der Waals surface area contributed by atoms with Crippen LogP contribution in [0.1, 0.15) is 6.23 Å². The van der Waals surface area contributed by atoms with Gasteiger partial charge in [-0.05, 0) is 17.7 Å². The Morgan fingerprint density at radius 2 is 2.17 bits per heavy atom. The van der Waals surface area contributed by atoms with Crippen molar-refractivity contribution in [1.82, 2.24) is 14.5 Å². The Kier molecular flexibility index (Phi) is 3.79. The van der Waals surface area contributed by atoms with Gasteiger partial charge in [-0.2, -0.15) is 0 Å². The third-order valence-electron chi connectivity index (χ3n) is 4.12. The van der Waals surface area contributed by atoms with E-state index in [2.05, 4.69) is 9.97 Å². The van der Waals surface area contributed by atoms with E-state index < -0.39 is 24.5 Å². The molecule has 4 rings (SSSR count). The van der Waals surface area contributed by atoms with Gasteiger partial charge in [0.25, 0.3) is 0 Å². The topological polar surface area (TPSA) is 101 Å². The number of rotatable bonds is 3. The van der Waals surface area contributed by atoms with Crippen LogP contribution in [0, 0.1) is 0 Å². The summed E-state index contributed by atoms with van der Waals surface area (Å²) in [5, 5.41) is 34.4. The van der Waals surface area contributed by atoms with Gasteiger partial charge in [-0.15, -0.1) is 23.1 Å². The summed E-state index contributed by atoms with van der Waals surface area (Å²) in [6.07, 6.45) is -0.464. The Hall–Kier alpha value is -1.23. The first-order valence-corrected chi connectivity index (χ1v) is 9.16. The van der Waals surface area contributed by atoms with Crippen LogP contribution in [-0.2, 0) is 4.74 Å². The number of aromatic nitrogens is 3. The minimum absolute atomic E-state index is 0.355. The number of thiophene rings is 1. The first-order valence-electron chi connectivity index (χ1n) is 7.06. The van der Waals surface area contributed by atoms with E-state index in [4.69, 9.17) is 4.74 Å². The molecule has 4 atom stereocenters. The molecule has 3 aromatic rings. The summed E-state index contributed by atoms with van der Waals surface area (Å²) >= 11 is 3.03. The predicted molar refractivity (Wildman–Crippen MR) is 87.7 cm³/mol. The van der Waals surface area contributed by atoms with Crippen LogP contribution < -0.4 is 0 Å². The van der Waals surface area contributed by atoms with Gasteiger partial charge in [0.1, 0.15) is 40.1 Å². The van der Waals surface area contributed by atoms with Crippen molar-refractivity contribution in [3.05, 3.63) is 17.8 Å². The summed E-state index contributed by atoms with van der Waals surface area (Å²) in [7, 11) is 0. The van der Waals surface area contributed by atoms with Crippen molar-refractivity contribution < 1.29 is 20.1 Å². The summed E-state index contributed by atoms with van der Waals surface area (Å²) in [5.41, 5.74) is 0.654. The fourth-order valence-corrected chi connectivity index (χ4v) is 4.53. The van der Waals surface area contributed by atoms with Crippen LogP contribution in [0.4, 0.5) is 0 Å². The Morgan fingerprint density at radius 1 is 1.35 bits per heavy atom. The van der Waals surface area contributed by atoms with Crippen molar-refractivity contribution in [2.24, 2.45) is 0 Å². The lowest BCUT2D eigenvalue weighted by Gasteiger charge is -2.18. The predicted octanol–water partition coefficient (Wildman–Crippen LogP) is 0.979. The number of thioether (sulfide) groups is 1. The monoisotopic (exact) mass is 353 g/mol. The zero-order chi connectivity index (χ0) is 16.1. The van der Waals surface area contributed by atoms with Crippen LogP contribution in [0.15, 0.2) is 22.8 Å². The van der Waals surface area contributed by atoms with Crippen molar-refractivity contribution in [2.45, 2.75) is 29.6 Å². The maximum Gasteiger partial charge on any atom is 0.165 e. The quantitative estimate of drug-likeness (QED) is 0.477. The molecule has 1 saturated heterocycles. The molecular weight excluding hydrogens is 338 g/mol. The summed E-state index contributed by atoms with van der Waals surface area (Å²) in [6, 6.07) is 1.99. The molecule has 3 N–H and O–H groups in total. The SMILES string of the molecule is CSc1ncnc2c1c1ccsc1n2[C@@H]1O[C@H](CO)[C@@H](O)[C@H]1O. The summed E-state index contributed by atoms with van der Waals surface area (Å²) in [5.74, 6) is 0. The Labute approximate surface area is 139 Å². The number of hydrogen-bond donors (Lipinski definition) is 3. The zero-order valence-corrected chi connectivity index (χ0v) is 13.8. The van der Waals surface area contributed by atoms with Gasteiger partial charge in [0, 0.05) is 5.39 Å². The van der Waals surface area contributed by atoms with Crippen LogP contribution in [0.25, 0.3) is 21.3 Å². The van der Waals surface area contributed by atoms with E-state index in [0.29, 0.717) is 5.65 Å². The smallest absolute Gasteiger partial charge is 0.165 e. The molecule has 1 aliphatic heterocycles. The van der Waals surface area contributed by atoms with E-state index in [1.807, 2.05) is 17.7 Å².